The van der Waals surface area contributed by atoms with Gasteiger partial charge in [0.15, 0.2) is 6.61 Å². The second kappa shape index (κ2) is 8.71. The van der Waals surface area contributed by atoms with Crippen LogP contribution in [0.15, 0.2) is 54.7 Å². The van der Waals surface area contributed by atoms with Crippen LogP contribution >= 0.6 is 11.6 Å². The molecule has 0 bridgehead atoms. The number of amides is 1. The number of methoxy groups -OCH3 is 1. The zero-order chi connectivity index (χ0) is 20.1. The van der Waals surface area contributed by atoms with Crippen molar-refractivity contribution in [2.24, 2.45) is 0 Å². The van der Waals surface area contributed by atoms with E-state index in [0.29, 0.717) is 11.6 Å². The molecular formula is C21H19ClN2O4. The fourth-order valence-corrected chi connectivity index (χ4v) is 2.85. The van der Waals surface area contributed by atoms with Gasteiger partial charge in [0.25, 0.3) is 5.91 Å². The molecule has 1 heterocycles. The van der Waals surface area contributed by atoms with Gasteiger partial charge in [-0.25, -0.2) is 9.78 Å². The second-order valence-corrected chi connectivity index (χ2v) is 6.67. The highest BCUT2D eigenvalue weighted by Gasteiger charge is 2.15. The molecule has 0 radical (unpaired) electrons. The molecule has 6 nitrogen and oxygen atoms in total. The lowest BCUT2D eigenvalue weighted by atomic mass is 10.1. The van der Waals surface area contributed by atoms with Crippen LogP contribution in [0.1, 0.15) is 16.1 Å². The summed E-state index contributed by atoms with van der Waals surface area (Å²) in [6.45, 7) is 0.0298. The predicted octanol–water partition coefficient (Wildman–Crippen LogP) is 3.71. The number of carbonyl (C=O) groups excluding carboxylic acids is 2. The van der Waals surface area contributed by atoms with Gasteiger partial charge in [-0.3, -0.25) is 4.79 Å². The molecule has 144 valence electrons. The minimum atomic E-state index is -0.691. The predicted molar refractivity (Wildman–Crippen MR) is 107 cm³/mol. The van der Waals surface area contributed by atoms with Gasteiger partial charge < -0.3 is 14.4 Å². The van der Waals surface area contributed by atoms with Crippen LogP contribution in [0.2, 0.25) is 5.02 Å². The number of esters is 1. The van der Waals surface area contributed by atoms with Gasteiger partial charge >= 0.3 is 5.97 Å². The van der Waals surface area contributed by atoms with Crippen molar-refractivity contribution in [3.63, 3.8) is 0 Å². The Morgan fingerprint density at radius 3 is 2.57 bits per heavy atom. The number of hydrogen-bond donors (Lipinski definition) is 0. The minimum Gasteiger partial charge on any atom is -0.497 e. The first-order chi connectivity index (χ1) is 13.5. The third-order valence-electron chi connectivity index (χ3n) is 4.22. The summed E-state index contributed by atoms with van der Waals surface area (Å²) >= 11 is 5.82. The Morgan fingerprint density at radius 2 is 1.82 bits per heavy atom. The number of fused-ring (bicyclic) bond motifs is 1. The third kappa shape index (κ3) is 4.78. The molecule has 0 saturated carbocycles. The smallest absolute Gasteiger partial charge is 0.357 e. The zero-order valence-corrected chi connectivity index (χ0v) is 16.3. The summed E-state index contributed by atoms with van der Waals surface area (Å²) in [6, 6.07) is 14.7. The second-order valence-electron chi connectivity index (χ2n) is 6.23. The highest BCUT2D eigenvalue weighted by Crippen LogP contribution is 2.22. The van der Waals surface area contributed by atoms with Crippen LogP contribution in [0.5, 0.6) is 5.75 Å². The fraction of sp³-hybridized carbons (Fsp3) is 0.190. The summed E-state index contributed by atoms with van der Waals surface area (Å²) in [5.41, 5.74) is 1.03. The molecule has 3 rings (SSSR count). The number of likely N-dealkylation sites (N-methyl/N-ethyl adjacent to an activating group) is 1. The van der Waals surface area contributed by atoms with Gasteiger partial charge in [-0.05, 0) is 46.7 Å². The first-order valence-electron chi connectivity index (χ1n) is 8.55. The van der Waals surface area contributed by atoms with Gasteiger partial charge in [0.05, 0.1) is 7.11 Å². The number of aromatic nitrogens is 1. The maximum absolute atomic E-state index is 12.3. The van der Waals surface area contributed by atoms with E-state index in [-0.39, 0.29) is 18.2 Å². The molecule has 0 saturated heterocycles. The van der Waals surface area contributed by atoms with Crippen molar-refractivity contribution in [2.45, 2.75) is 6.54 Å². The number of carbonyl (C=O) groups is 2. The number of hydrogen-bond acceptors (Lipinski definition) is 5. The number of benzene rings is 2. The summed E-state index contributed by atoms with van der Waals surface area (Å²) in [5, 5.41) is 2.48. The Labute approximate surface area is 167 Å². The maximum Gasteiger partial charge on any atom is 0.357 e. The molecule has 3 aromatic rings. The van der Waals surface area contributed by atoms with Crippen molar-refractivity contribution in [1.82, 2.24) is 9.88 Å². The lowest BCUT2D eigenvalue weighted by Crippen LogP contribution is -2.30. The molecule has 0 aliphatic rings. The zero-order valence-electron chi connectivity index (χ0n) is 15.5. The molecule has 7 heteroatoms. The first kappa shape index (κ1) is 19.6. The van der Waals surface area contributed by atoms with Gasteiger partial charge in [-0.2, -0.15) is 0 Å². The SMILES string of the molecule is COc1ccc2cc(CN(C)C(=O)COC(=O)c3cc(Cl)ccn3)ccc2c1. The average molecular weight is 399 g/mol. The minimum absolute atomic E-state index is 0.0629. The number of nitrogens with zero attached hydrogens (tertiary/aromatic N) is 2. The number of rotatable bonds is 6. The third-order valence-corrected chi connectivity index (χ3v) is 4.45. The van der Waals surface area contributed by atoms with Gasteiger partial charge in [0.1, 0.15) is 11.4 Å². The largest absolute Gasteiger partial charge is 0.497 e. The van der Waals surface area contributed by atoms with E-state index < -0.39 is 5.97 Å². The molecule has 28 heavy (non-hydrogen) atoms. The number of pyridine rings is 1. The number of halogens is 1. The fourth-order valence-electron chi connectivity index (χ4n) is 2.69. The topological polar surface area (TPSA) is 68.7 Å². The highest BCUT2D eigenvalue weighted by atomic mass is 35.5. The monoisotopic (exact) mass is 398 g/mol. The Morgan fingerprint density at radius 1 is 1.07 bits per heavy atom. The van der Waals surface area contributed by atoms with E-state index in [1.807, 2.05) is 36.4 Å². The van der Waals surface area contributed by atoms with Crippen molar-refractivity contribution in [1.29, 1.82) is 0 Å². The molecule has 0 atom stereocenters. The van der Waals surface area contributed by atoms with Gasteiger partial charge in [-0.15, -0.1) is 0 Å². The Kier molecular flexibility index (Phi) is 6.11. The summed E-state index contributed by atoms with van der Waals surface area (Å²) in [5.74, 6) is -0.210. The van der Waals surface area contributed by atoms with Crippen molar-refractivity contribution in [3.8, 4) is 5.75 Å². The van der Waals surface area contributed by atoms with Gasteiger partial charge in [0.2, 0.25) is 0 Å². The van der Waals surface area contributed by atoms with Gasteiger partial charge in [-0.1, -0.05) is 29.8 Å². The Hall–Kier alpha value is -3.12. The quantitative estimate of drug-likeness (QED) is 0.592. The Bertz CT molecular complexity index is 1020. The van der Waals surface area contributed by atoms with E-state index in [4.69, 9.17) is 21.1 Å². The molecular weight excluding hydrogens is 380 g/mol. The lowest BCUT2D eigenvalue weighted by Gasteiger charge is -2.17. The van der Waals surface area contributed by atoms with Crippen LogP contribution in [0.3, 0.4) is 0 Å². The van der Waals surface area contributed by atoms with Crippen LogP contribution < -0.4 is 4.74 Å². The van der Waals surface area contributed by atoms with E-state index in [2.05, 4.69) is 4.98 Å². The van der Waals surface area contributed by atoms with E-state index in [1.165, 1.54) is 17.2 Å². The van der Waals surface area contributed by atoms with Crippen LogP contribution in [0, 0.1) is 0 Å². The molecule has 0 spiro atoms. The first-order valence-corrected chi connectivity index (χ1v) is 8.93. The van der Waals surface area contributed by atoms with Crippen LogP contribution in [0.25, 0.3) is 10.8 Å². The maximum atomic E-state index is 12.3. The molecule has 0 fully saturated rings. The van der Waals surface area contributed by atoms with Crippen molar-refractivity contribution in [2.75, 3.05) is 20.8 Å². The highest BCUT2D eigenvalue weighted by molar-refractivity contribution is 6.30. The van der Waals surface area contributed by atoms with Crippen LogP contribution in [-0.2, 0) is 16.1 Å². The molecule has 1 amide bonds. The van der Waals surface area contributed by atoms with E-state index in [0.717, 1.165) is 22.1 Å². The molecule has 0 N–H and O–H groups in total. The standard InChI is InChI=1S/C21H19ClN2O4/c1-24(20(25)13-28-21(26)19-11-17(22)7-8-23-19)12-14-3-4-16-10-18(27-2)6-5-15(16)9-14/h3-11H,12-13H2,1-2H3. The van der Waals surface area contributed by atoms with Crippen molar-refractivity contribution >= 4 is 34.2 Å². The van der Waals surface area contributed by atoms with Gasteiger partial charge in [0, 0.05) is 24.8 Å². The summed E-state index contributed by atoms with van der Waals surface area (Å²) in [6.07, 6.45) is 1.40. The average Bonchev–Trinajstić information content (AvgIpc) is 2.71. The summed E-state index contributed by atoms with van der Waals surface area (Å²) in [4.78, 5) is 29.6. The molecule has 0 unspecified atom stereocenters. The van der Waals surface area contributed by atoms with E-state index >= 15 is 0 Å². The number of ether oxygens (including phenoxy) is 2. The van der Waals surface area contributed by atoms with E-state index in [9.17, 15) is 9.59 Å². The molecule has 0 aliphatic carbocycles. The van der Waals surface area contributed by atoms with Crippen molar-refractivity contribution in [3.05, 3.63) is 71.0 Å². The van der Waals surface area contributed by atoms with Crippen LogP contribution in [0.4, 0.5) is 0 Å². The van der Waals surface area contributed by atoms with Crippen molar-refractivity contribution < 1.29 is 19.1 Å². The molecule has 1 aromatic heterocycles. The lowest BCUT2D eigenvalue weighted by molar-refractivity contribution is -0.133. The van der Waals surface area contributed by atoms with Crippen LogP contribution in [-0.4, -0.2) is 42.5 Å². The summed E-state index contributed by atoms with van der Waals surface area (Å²) in [7, 11) is 3.29. The Balaban J connectivity index is 1.59. The molecule has 0 aliphatic heterocycles. The normalized spacial score (nSPS) is 10.5. The molecule has 2 aromatic carbocycles. The summed E-state index contributed by atoms with van der Waals surface area (Å²) < 4.78 is 10.3. The van der Waals surface area contributed by atoms with E-state index in [1.54, 1.807) is 20.2 Å².